The van der Waals surface area contributed by atoms with Crippen molar-refractivity contribution in [3.63, 3.8) is 0 Å². The van der Waals surface area contributed by atoms with Gasteiger partial charge in [0.2, 0.25) is 0 Å². The standard InChI is InChI=1S/C14H17NO5/c1-4-9-8(5-7(2)14(18)15-9)12-13(19-3)11(17)10(6-16)20-12/h1,5,10-13,16-17H,6H2,2-3H3,(H,15,18)/t10-,11?,12+,13+/m1/s1. The lowest BCUT2D eigenvalue weighted by Crippen LogP contribution is -2.34. The average molecular weight is 279 g/mol. The third-order valence-electron chi connectivity index (χ3n) is 3.50. The third kappa shape index (κ3) is 2.37. The van der Waals surface area contributed by atoms with E-state index in [4.69, 9.17) is 15.9 Å². The highest BCUT2D eigenvalue weighted by atomic mass is 16.6. The van der Waals surface area contributed by atoms with Crippen molar-refractivity contribution >= 4 is 0 Å². The summed E-state index contributed by atoms with van der Waals surface area (Å²) in [7, 11) is 1.44. The minimum Gasteiger partial charge on any atom is -0.394 e. The summed E-state index contributed by atoms with van der Waals surface area (Å²) in [6.07, 6.45) is 2.38. The number of rotatable bonds is 3. The second kappa shape index (κ2) is 5.77. The Balaban J connectivity index is 2.48. The van der Waals surface area contributed by atoms with Gasteiger partial charge in [0.25, 0.3) is 5.56 Å². The number of hydrogen-bond donors (Lipinski definition) is 3. The van der Waals surface area contributed by atoms with E-state index in [0.29, 0.717) is 16.8 Å². The topological polar surface area (TPSA) is 91.8 Å². The van der Waals surface area contributed by atoms with Gasteiger partial charge >= 0.3 is 0 Å². The molecular formula is C14H17NO5. The van der Waals surface area contributed by atoms with Crippen LogP contribution in [-0.2, 0) is 9.47 Å². The van der Waals surface area contributed by atoms with Crippen LogP contribution in [0, 0.1) is 19.3 Å². The Hall–Kier alpha value is -1.65. The Morgan fingerprint density at radius 3 is 2.85 bits per heavy atom. The fourth-order valence-corrected chi connectivity index (χ4v) is 2.40. The van der Waals surface area contributed by atoms with Crippen molar-refractivity contribution in [3.8, 4) is 12.3 Å². The van der Waals surface area contributed by atoms with Gasteiger partial charge in [-0.25, -0.2) is 0 Å². The molecule has 1 aromatic heterocycles. The van der Waals surface area contributed by atoms with E-state index in [1.165, 1.54) is 7.11 Å². The fraction of sp³-hybridized carbons (Fsp3) is 0.500. The van der Waals surface area contributed by atoms with Crippen LogP contribution >= 0.6 is 0 Å². The zero-order valence-electron chi connectivity index (χ0n) is 11.3. The van der Waals surface area contributed by atoms with Gasteiger partial charge in [-0.1, -0.05) is 5.92 Å². The van der Waals surface area contributed by atoms with E-state index >= 15 is 0 Å². The summed E-state index contributed by atoms with van der Waals surface area (Å²) in [5.74, 6) is 2.40. The molecule has 0 aromatic carbocycles. The van der Waals surface area contributed by atoms with E-state index in [2.05, 4.69) is 10.9 Å². The van der Waals surface area contributed by atoms with E-state index in [1.807, 2.05) is 0 Å². The van der Waals surface area contributed by atoms with Crippen LogP contribution in [-0.4, -0.2) is 47.2 Å². The first-order valence-corrected chi connectivity index (χ1v) is 6.21. The molecule has 108 valence electrons. The Kier molecular flexibility index (Phi) is 4.26. The quantitative estimate of drug-likeness (QED) is 0.647. The summed E-state index contributed by atoms with van der Waals surface area (Å²) in [5, 5.41) is 19.2. The van der Waals surface area contributed by atoms with Crippen LogP contribution in [0.2, 0.25) is 0 Å². The molecule has 1 fully saturated rings. The van der Waals surface area contributed by atoms with Gasteiger partial charge in [-0.3, -0.25) is 4.79 Å². The van der Waals surface area contributed by atoms with E-state index in [1.54, 1.807) is 13.0 Å². The highest BCUT2D eigenvalue weighted by Crippen LogP contribution is 2.36. The third-order valence-corrected chi connectivity index (χ3v) is 3.50. The van der Waals surface area contributed by atoms with Crippen molar-refractivity contribution in [3.05, 3.63) is 33.2 Å². The molecule has 1 saturated heterocycles. The molecule has 1 aromatic rings. The summed E-state index contributed by atoms with van der Waals surface area (Å²) in [5.41, 5.74) is 1.07. The first-order valence-electron chi connectivity index (χ1n) is 6.21. The van der Waals surface area contributed by atoms with Crippen LogP contribution in [0.15, 0.2) is 10.9 Å². The number of aliphatic hydroxyl groups excluding tert-OH is 2. The molecule has 0 radical (unpaired) electrons. The molecule has 1 aliphatic rings. The Morgan fingerprint density at radius 1 is 1.60 bits per heavy atom. The maximum atomic E-state index is 11.6. The number of aliphatic hydroxyl groups is 2. The SMILES string of the molecule is C#Cc1[nH]c(=O)c(C)cc1[C@@H]1O[C@H](CO)C(O)[C@@H]1OC. The Morgan fingerprint density at radius 2 is 2.30 bits per heavy atom. The van der Waals surface area contributed by atoms with Gasteiger partial charge in [0.1, 0.15) is 24.4 Å². The minimum atomic E-state index is -0.965. The predicted molar refractivity (Wildman–Crippen MR) is 71.2 cm³/mol. The monoisotopic (exact) mass is 279 g/mol. The largest absolute Gasteiger partial charge is 0.394 e. The van der Waals surface area contributed by atoms with E-state index < -0.39 is 24.4 Å². The molecule has 6 heteroatoms. The van der Waals surface area contributed by atoms with Crippen molar-refractivity contribution < 1.29 is 19.7 Å². The van der Waals surface area contributed by atoms with E-state index in [9.17, 15) is 15.0 Å². The molecule has 4 atom stereocenters. The van der Waals surface area contributed by atoms with Crippen LogP contribution in [0.4, 0.5) is 0 Å². The van der Waals surface area contributed by atoms with Crippen molar-refractivity contribution in [1.82, 2.24) is 4.98 Å². The summed E-state index contributed by atoms with van der Waals surface area (Å²) in [6, 6.07) is 1.62. The smallest absolute Gasteiger partial charge is 0.251 e. The predicted octanol–water partition coefficient (Wildman–Crippen LogP) is -0.527. The number of aromatic amines is 1. The van der Waals surface area contributed by atoms with Crippen molar-refractivity contribution in [2.45, 2.75) is 31.3 Å². The van der Waals surface area contributed by atoms with Crippen LogP contribution in [0.1, 0.15) is 22.9 Å². The number of methoxy groups -OCH3 is 1. The molecule has 0 spiro atoms. The van der Waals surface area contributed by atoms with Crippen LogP contribution in [0.25, 0.3) is 0 Å². The van der Waals surface area contributed by atoms with Crippen molar-refractivity contribution in [1.29, 1.82) is 0 Å². The van der Waals surface area contributed by atoms with Gasteiger partial charge in [-0.15, -0.1) is 6.42 Å². The maximum absolute atomic E-state index is 11.6. The van der Waals surface area contributed by atoms with Gasteiger partial charge < -0.3 is 24.7 Å². The molecule has 0 amide bonds. The number of hydrogen-bond acceptors (Lipinski definition) is 5. The van der Waals surface area contributed by atoms with Gasteiger partial charge in [0.15, 0.2) is 0 Å². The molecular weight excluding hydrogens is 262 g/mol. The first kappa shape index (κ1) is 14.8. The molecule has 20 heavy (non-hydrogen) atoms. The fourth-order valence-electron chi connectivity index (χ4n) is 2.40. The molecule has 1 aliphatic heterocycles. The average Bonchev–Trinajstić information content (AvgIpc) is 2.77. The zero-order valence-corrected chi connectivity index (χ0v) is 11.3. The molecule has 0 saturated carbocycles. The van der Waals surface area contributed by atoms with Gasteiger partial charge in [-0.2, -0.15) is 0 Å². The second-order valence-corrected chi connectivity index (χ2v) is 4.72. The first-order chi connectivity index (χ1) is 9.53. The maximum Gasteiger partial charge on any atom is 0.251 e. The molecule has 2 heterocycles. The number of aromatic nitrogens is 1. The number of nitrogens with one attached hydrogen (secondary N) is 1. The summed E-state index contributed by atoms with van der Waals surface area (Å²) in [6.45, 7) is 1.32. The molecule has 6 nitrogen and oxygen atoms in total. The summed E-state index contributed by atoms with van der Waals surface area (Å²) < 4.78 is 10.9. The molecule has 0 bridgehead atoms. The van der Waals surface area contributed by atoms with Gasteiger partial charge in [0.05, 0.1) is 12.3 Å². The lowest BCUT2D eigenvalue weighted by Gasteiger charge is -2.20. The highest BCUT2D eigenvalue weighted by molar-refractivity contribution is 5.38. The van der Waals surface area contributed by atoms with E-state index in [-0.39, 0.29) is 12.2 Å². The highest BCUT2D eigenvalue weighted by Gasteiger charge is 2.45. The van der Waals surface area contributed by atoms with Gasteiger partial charge in [0, 0.05) is 18.2 Å². The Bertz CT molecular complexity index is 588. The second-order valence-electron chi connectivity index (χ2n) is 4.72. The minimum absolute atomic E-state index is 0.270. The van der Waals surface area contributed by atoms with Crippen LogP contribution < -0.4 is 5.56 Å². The lowest BCUT2D eigenvalue weighted by atomic mass is 9.99. The molecule has 3 N–H and O–H groups in total. The number of H-pyrrole nitrogens is 1. The summed E-state index contributed by atoms with van der Waals surface area (Å²) >= 11 is 0. The molecule has 2 rings (SSSR count). The Labute approximate surface area is 116 Å². The zero-order chi connectivity index (χ0) is 14.9. The molecule has 0 aliphatic carbocycles. The normalized spacial score (nSPS) is 29.4. The number of terminal acetylenes is 1. The van der Waals surface area contributed by atoms with Crippen molar-refractivity contribution in [2.75, 3.05) is 13.7 Å². The lowest BCUT2D eigenvalue weighted by molar-refractivity contribution is -0.0236. The number of ether oxygens (including phenoxy) is 2. The van der Waals surface area contributed by atoms with Crippen LogP contribution in [0.5, 0.6) is 0 Å². The van der Waals surface area contributed by atoms with Crippen LogP contribution in [0.3, 0.4) is 0 Å². The van der Waals surface area contributed by atoms with Gasteiger partial charge in [-0.05, 0) is 13.0 Å². The van der Waals surface area contributed by atoms with Crippen molar-refractivity contribution in [2.24, 2.45) is 0 Å². The number of aryl methyl sites for hydroxylation is 1. The van der Waals surface area contributed by atoms with E-state index in [0.717, 1.165) is 0 Å². The molecule has 1 unspecified atom stereocenters. The number of pyridine rings is 1. The summed E-state index contributed by atoms with van der Waals surface area (Å²) in [4.78, 5) is 14.2.